The van der Waals surface area contributed by atoms with Gasteiger partial charge in [-0.25, -0.2) is 4.79 Å². The predicted octanol–water partition coefficient (Wildman–Crippen LogP) is 1.90. The molecule has 0 bridgehead atoms. The third-order valence-corrected chi connectivity index (χ3v) is 3.17. The molecular formula is C13H18N2O2. The minimum Gasteiger partial charge on any atom is -0.465 e. The summed E-state index contributed by atoms with van der Waals surface area (Å²) in [6, 6.07) is 4.26. The summed E-state index contributed by atoms with van der Waals surface area (Å²) >= 11 is 0. The van der Waals surface area contributed by atoms with Crippen LogP contribution in [0.15, 0.2) is 18.3 Å². The fourth-order valence-corrected chi connectivity index (χ4v) is 2.15. The Bertz CT molecular complexity index is 370. The number of carbonyl (C=O) groups excluding carboxylic acids is 1. The van der Waals surface area contributed by atoms with Gasteiger partial charge in [0, 0.05) is 18.8 Å². The van der Waals surface area contributed by atoms with Crippen LogP contribution in [-0.2, 0) is 11.3 Å². The second kappa shape index (κ2) is 5.77. The molecular weight excluding hydrogens is 216 g/mol. The molecule has 0 spiro atoms. The maximum Gasteiger partial charge on any atom is 0.339 e. The van der Waals surface area contributed by atoms with Crippen molar-refractivity contribution in [1.82, 2.24) is 10.3 Å². The van der Waals surface area contributed by atoms with Gasteiger partial charge in [-0.05, 0) is 25.0 Å². The van der Waals surface area contributed by atoms with E-state index in [0.717, 1.165) is 12.2 Å². The van der Waals surface area contributed by atoms with Crippen LogP contribution in [0.4, 0.5) is 0 Å². The number of nitrogens with one attached hydrogen (secondary N) is 1. The van der Waals surface area contributed by atoms with Gasteiger partial charge in [0.15, 0.2) is 0 Å². The van der Waals surface area contributed by atoms with E-state index in [1.165, 1.54) is 32.8 Å². The normalized spacial score (nSPS) is 16.1. The quantitative estimate of drug-likeness (QED) is 0.808. The van der Waals surface area contributed by atoms with Crippen LogP contribution >= 0.6 is 0 Å². The number of ether oxygens (including phenoxy) is 1. The number of hydrogen-bond donors (Lipinski definition) is 1. The van der Waals surface area contributed by atoms with Crippen LogP contribution in [0.3, 0.4) is 0 Å². The van der Waals surface area contributed by atoms with Crippen molar-refractivity contribution in [2.24, 2.45) is 0 Å². The van der Waals surface area contributed by atoms with E-state index in [1.54, 1.807) is 12.3 Å². The topological polar surface area (TPSA) is 51.2 Å². The second-order valence-electron chi connectivity index (χ2n) is 4.39. The first-order chi connectivity index (χ1) is 8.29. The molecule has 0 amide bonds. The zero-order chi connectivity index (χ0) is 12.1. The average Bonchev–Trinajstić information content (AvgIpc) is 2.89. The summed E-state index contributed by atoms with van der Waals surface area (Å²) in [5, 5.41) is 3.48. The fraction of sp³-hybridized carbons (Fsp3) is 0.538. The summed E-state index contributed by atoms with van der Waals surface area (Å²) in [6.45, 7) is 0.770. The molecule has 0 radical (unpaired) electrons. The van der Waals surface area contributed by atoms with E-state index in [0.29, 0.717) is 11.6 Å². The summed E-state index contributed by atoms with van der Waals surface area (Å²) in [4.78, 5) is 15.5. The minimum absolute atomic E-state index is 0.340. The van der Waals surface area contributed by atoms with E-state index in [2.05, 4.69) is 15.0 Å². The SMILES string of the molecule is COC(=O)c1ccc(CNC2CCCC2)nc1. The van der Waals surface area contributed by atoms with Crippen LogP contribution in [-0.4, -0.2) is 24.1 Å². The molecule has 1 N–H and O–H groups in total. The molecule has 1 heterocycles. The monoisotopic (exact) mass is 234 g/mol. The first kappa shape index (κ1) is 12.0. The molecule has 17 heavy (non-hydrogen) atoms. The largest absolute Gasteiger partial charge is 0.465 e. The lowest BCUT2D eigenvalue weighted by atomic mass is 10.2. The van der Waals surface area contributed by atoms with Crippen LogP contribution in [0.1, 0.15) is 41.7 Å². The van der Waals surface area contributed by atoms with Gasteiger partial charge in [-0.3, -0.25) is 4.98 Å². The van der Waals surface area contributed by atoms with E-state index >= 15 is 0 Å². The van der Waals surface area contributed by atoms with Crippen LogP contribution in [0.2, 0.25) is 0 Å². The maximum atomic E-state index is 11.2. The number of rotatable bonds is 4. The molecule has 0 aromatic carbocycles. The van der Waals surface area contributed by atoms with Gasteiger partial charge in [0.05, 0.1) is 18.4 Å². The zero-order valence-corrected chi connectivity index (χ0v) is 10.1. The van der Waals surface area contributed by atoms with Crippen LogP contribution in [0, 0.1) is 0 Å². The van der Waals surface area contributed by atoms with Gasteiger partial charge in [-0.15, -0.1) is 0 Å². The number of pyridine rings is 1. The Balaban J connectivity index is 1.87. The van der Waals surface area contributed by atoms with Gasteiger partial charge in [0.25, 0.3) is 0 Å². The number of hydrogen-bond acceptors (Lipinski definition) is 4. The number of methoxy groups -OCH3 is 1. The Morgan fingerprint density at radius 1 is 1.47 bits per heavy atom. The highest BCUT2D eigenvalue weighted by Crippen LogP contribution is 2.17. The fourth-order valence-electron chi connectivity index (χ4n) is 2.15. The summed E-state index contributed by atoms with van der Waals surface area (Å²) in [5.74, 6) is -0.340. The second-order valence-corrected chi connectivity index (χ2v) is 4.39. The van der Waals surface area contributed by atoms with Crippen molar-refractivity contribution in [3.05, 3.63) is 29.6 Å². The van der Waals surface area contributed by atoms with Crippen LogP contribution in [0.5, 0.6) is 0 Å². The molecule has 1 aromatic rings. The van der Waals surface area contributed by atoms with Crippen molar-refractivity contribution in [1.29, 1.82) is 0 Å². The third kappa shape index (κ3) is 3.27. The van der Waals surface area contributed by atoms with E-state index < -0.39 is 0 Å². The molecule has 1 fully saturated rings. The molecule has 0 atom stereocenters. The Morgan fingerprint density at radius 2 is 2.24 bits per heavy atom. The molecule has 0 saturated heterocycles. The molecule has 1 saturated carbocycles. The van der Waals surface area contributed by atoms with Crippen molar-refractivity contribution in [2.75, 3.05) is 7.11 Å². The summed E-state index contributed by atoms with van der Waals surface area (Å²) < 4.78 is 4.62. The predicted molar refractivity (Wildman–Crippen MR) is 64.7 cm³/mol. The Kier molecular flexibility index (Phi) is 4.09. The first-order valence-electron chi connectivity index (χ1n) is 6.06. The van der Waals surface area contributed by atoms with Gasteiger partial charge in [-0.1, -0.05) is 12.8 Å². The van der Waals surface area contributed by atoms with Crippen molar-refractivity contribution in [3.8, 4) is 0 Å². The Labute approximate surface area is 101 Å². The molecule has 0 unspecified atom stereocenters. The van der Waals surface area contributed by atoms with Gasteiger partial charge < -0.3 is 10.1 Å². The number of carbonyl (C=O) groups is 1. The average molecular weight is 234 g/mol. The standard InChI is InChI=1S/C13H18N2O2/c1-17-13(16)10-6-7-12(14-8-10)9-15-11-4-2-3-5-11/h6-8,11,15H,2-5,9H2,1H3. The maximum absolute atomic E-state index is 11.2. The van der Waals surface area contributed by atoms with Gasteiger partial charge in [0.2, 0.25) is 0 Å². The number of esters is 1. The molecule has 1 aliphatic rings. The highest BCUT2D eigenvalue weighted by Gasteiger charge is 2.14. The lowest BCUT2D eigenvalue weighted by Crippen LogP contribution is -2.25. The first-order valence-corrected chi connectivity index (χ1v) is 6.06. The summed E-state index contributed by atoms with van der Waals surface area (Å²) in [6.07, 6.45) is 6.75. The van der Waals surface area contributed by atoms with E-state index in [9.17, 15) is 4.79 Å². The third-order valence-electron chi connectivity index (χ3n) is 3.17. The molecule has 4 nitrogen and oxygen atoms in total. The Morgan fingerprint density at radius 3 is 2.82 bits per heavy atom. The lowest BCUT2D eigenvalue weighted by molar-refractivity contribution is 0.0600. The van der Waals surface area contributed by atoms with E-state index in [4.69, 9.17) is 0 Å². The molecule has 1 aliphatic carbocycles. The van der Waals surface area contributed by atoms with Gasteiger partial charge >= 0.3 is 5.97 Å². The molecule has 4 heteroatoms. The smallest absolute Gasteiger partial charge is 0.339 e. The van der Waals surface area contributed by atoms with Crippen molar-refractivity contribution < 1.29 is 9.53 Å². The number of nitrogens with zero attached hydrogens (tertiary/aromatic N) is 1. The van der Waals surface area contributed by atoms with E-state index in [-0.39, 0.29) is 5.97 Å². The molecule has 92 valence electrons. The number of aromatic nitrogens is 1. The Hall–Kier alpha value is -1.42. The lowest BCUT2D eigenvalue weighted by Gasteiger charge is -2.11. The molecule has 2 rings (SSSR count). The summed E-state index contributed by atoms with van der Waals surface area (Å²) in [7, 11) is 1.37. The summed E-state index contributed by atoms with van der Waals surface area (Å²) in [5.41, 5.74) is 1.46. The van der Waals surface area contributed by atoms with Crippen molar-refractivity contribution >= 4 is 5.97 Å². The van der Waals surface area contributed by atoms with E-state index in [1.807, 2.05) is 6.07 Å². The molecule has 0 aliphatic heterocycles. The van der Waals surface area contributed by atoms with Crippen molar-refractivity contribution in [2.45, 2.75) is 38.3 Å². The molecule has 1 aromatic heterocycles. The zero-order valence-electron chi connectivity index (χ0n) is 10.1. The minimum atomic E-state index is -0.340. The van der Waals surface area contributed by atoms with Gasteiger partial charge in [0.1, 0.15) is 0 Å². The highest BCUT2D eigenvalue weighted by atomic mass is 16.5. The van der Waals surface area contributed by atoms with Gasteiger partial charge in [-0.2, -0.15) is 0 Å². The highest BCUT2D eigenvalue weighted by molar-refractivity contribution is 5.88. The van der Waals surface area contributed by atoms with Crippen molar-refractivity contribution in [3.63, 3.8) is 0 Å². The van der Waals surface area contributed by atoms with Crippen LogP contribution in [0.25, 0.3) is 0 Å². The van der Waals surface area contributed by atoms with Crippen LogP contribution < -0.4 is 5.32 Å².